The molecule has 17 heavy (non-hydrogen) atoms. The minimum Gasteiger partial charge on any atom is -0.528 e. The fraction of sp³-hybridized carbons (Fsp3) is 0. The van der Waals surface area contributed by atoms with Crippen molar-refractivity contribution in [3.63, 3.8) is 0 Å². The van der Waals surface area contributed by atoms with Gasteiger partial charge in [-0.25, -0.2) is 0 Å². The van der Waals surface area contributed by atoms with E-state index in [0.717, 1.165) is 20.4 Å². The Balaban J connectivity index is 1.87. The third-order valence-corrected chi connectivity index (χ3v) is 3.03. The van der Waals surface area contributed by atoms with Gasteiger partial charge in [0.2, 0.25) is 0 Å². The molecule has 5 heteroatoms. The summed E-state index contributed by atoms with van der Waals surface area (Å²) in [5, 5.41) is 0. The van der Waals surface area contributed by atoms with Gasteiger partial charge in [-0.15, -0.1) is 0 Å². The van der Waals surface area contributed by atoms with Crippen molar-refractivity contribution >= 4 is 39.5 Å². The van der Waals surface area contributed by atoms with Gasteiger partial charge < -0.3 is 9.31 Å². The highest BCUT2D eigenvalue weighted by Gasteiger charge is 2.00. The van der Waals surface area contributed by atoms with Crippen molar-refractivity contribution in [1.29, 1.82) is 0 Å². The Morgan fingerprint density at radius 1 is 0.765 bits per heavy atom. The van der Waals surface area contributed by atoms with Crippen LogP contribution in [0.2, 0.25) is 0 Å². The number of benzene rings is 2. The molecule has 0 radical (unpaired) electrons. The molecule has 2 nitrogen and oxygen atoms in total. The Morgan fingerprint density at radius 3 is 1.65 bits per heavy atom. The van der Waals surface area contributed by atoms with Crippen LogP contribution in [0.15, 0.2) is 57.5 Å². The fourth-order valence-corrected chi connectivity index (χ4v) is 2.04. The largest absolute Gasteiger partial charge is 0.576 e. The maximum Gasteiger partial charge on any atom is 0.576 e. The van der Waals surface area contributed by atoms with E-state index < -0.39 is 0 Å². The van der Waals surface area contributed by atoms with Crippen molar-refractivity contribution in [2.45, 2.75) is 0 Å². The lowest BCUT2D eigenvalue weighted by Crippen LogP contribution is -2.10. The van der Waals surface area contributed by atoms with Crippen molar-refractivity contribution in [3.8, 4) is 11.5 Å². The zero-order valence-corrected chi connectivity index (χ0v) is 12.1. The molecule has 0 fully saturated rings. The molecule has 0 aromatic heterocycles. The van der Waals surface area contributed by atoms with Crippen LogP contribution in [0.4, 0.5) is 0 Å². The van der Waals surface area contributed by atoms with E-state index in [0.29, 0.717) is 0 Å². The van der Waals surface area contributed by atoms with Crippen molar-refractivity contribution in [1.82, 2.24) is 0 Å². The summed E-state index contributed by atoms with van der Waals surface area (Å²) in [4.78, 5) is 0. The molecule has 0 saturated heterocycles. The number of hydrogen-bond donors (Lipinski definition) is 0. The molecule has 0 spiro atoms. The highest BCUT2D eigenvalue weighted by Crippen LogP contribution is 2.19. The molecular formula is C12H9BBr2O2. The molecule has 0 saturated carbocycles. The first kappa shape index (κ1) is 12.5. The van der Waals surface area contributed by atoms with Gasteiger partial charge in [-0.3, -0.25) is 0 Å². The molecule has 0 bridgehead atoms. The minimum atomic E-state index is 0.187. The topological polar surface area (TPSA) is 18.5 Å². The highest BCUT2D eigenvalue weighted by molar-refractivity contribution is 9.10. The summed E-state index contributed by atoms with van der Waals surface area (Å²) < 4.78 is 12.9. The summed E-state index contributed by atoms with van der Waals surface area (Å²) in [6.45, 7) is 0. The summed E-state index contributed by atoms with van der Waals surface area (Å²) in [6, 6.07) is 15.3. The lowest BCUT2D eigenvalue weighted by Gasteiger charge is -2.07. The van der Waals surface area contributed by atoms with Gasteiger partial charge in [-0.05, 0) is 36.4 Å². The van der Waals surface area contributed by atoms with Crippen LogP contribution in [0.25, 0.3) is 0 Å². The zero-order valence-electron chi connectivity index (χ0n) is 8.90. The first-order chi connectivity index (χ1) is 8.24. The first-order valence-electron chi connectivity index (χ1n) is 5.01. The van der Waals surface area contributed by atoms with Gasteiger partial charge in [0, 0.05) is 8.95 Å². The standard InChI is InChI=1S/C12H9BBr2O2/c14-9-3-1-5-11(7-9)16-13-17-12-6-2-4-10(15)8-12/h1-8,13H. The van der Waals surface area contributed by atoms with Crippen LogP contribution in [0.5, 0.6) is 11.5 Å². The van der Waals surface area contributed by atoms with E-state index in [-0.39, 0.29) is 7.69 Å². The maximum absolute atomic E-state index is 5.46. The van der Waals surface area contributed by atoms with Crippen molar-refractivity contribution in [3.05, 3.63) is 57.5 Å². The van der Waals surface area contributed by atoms with E-state index in [1.807, 2.05) is 48.5 Å². The van der Waals surface area contributed by atoms with Gasteiger partial charge in [0.25, 0.3) is 0 Å². The summed E-state index contributed by atoms with van der Waals surface area (Å²) in [5.41, 5.74) is 0. The highest BCUT2D eigenvalue weighted by atomic mass is 79.9. The second kappa shape index (κ2) is 6.12. The number of hydrogen-bond acceptors (Lipinski definition) is 2. The van der Waals surface area contributed by atoms with Crippen molar-refractivity contribution in [2.24, 2.45) is 0 Å². The lowest BCUT2D eigenvalue weighted by molar-refractivity contribution is 0.458. The minimum absolute atomic E-state index is 0.187. The smallest absolute Gasteiger partial charge is 0.528 e. The van der Waals surface area contributed by atoms with E-state index in [9.17, 15) is 0 Å². The fourth-order valence-electron chi connectivity index (χ4n) is 1.28. The van der Waals surface area contributed by atoms with Crippen LogP contribution >= 0.6 is 31.9 Å². The Hall–Kier alpha value is -0.935. The normalized spacial score (nSPS) is 9.76. The maximum atomic E-state index is 5.46. The summed E-state index contributed by atoms with van der Waals surface area (Å²) in [6.07, 6.45) is 0. The van der Waals surface area contributed by atoms with Crippen LogP contribution in [-0.4, -0.2) is 7.69 Å². The van der Waals surface area contributed by atoms with E-state index in [1.165, 1.54) is 0 Å². The number of halogens is 2. The van der Waals surface area contributed by atoms with Crippen LogP contribution in [0.3, 0.4) is 0 Å². The number of rotatable bonds is 4. The molecule has 2 aromatic carbocycles. The summed E-state index contributed by atoms with van der Waals surface area (Å²) >= 11 is 6.76. The Kier molecular flexibility index (Phi) is 4.51. The molecule has 0 aliphatic heterocycles. The van der Waals surface area contributed by atoms with E-state index in [1.54, 1.807) is 0 Å². The van der Waals surface area contributed by atoms with E-state index in [2.05, 4.69) is 31.9 Å². The van der Waals surface area contributed by atoms with Crippen LogP contribution in [-0.2, 0) is 0 Å². The lowest BCUT2D eigenvalue weighted by atomic mass is 10.3. The second-order valence-corrected chi connectivity index (χ2v) is 5.15. The molecule has 86 valence electrons. The Bertz CT molecular complexity index is 460. The van der Waals surface area contributed by atoms with Crippen LogP contribution in [0, 0.1) is 0 Å². The average molecular weight is 356 g/mol. The molecular weight excluding hydrogens is 347 g/mol. The zero-order chi connectivity index (χ0) is 12.1. The third kappa shape index (κ3) is 4.09. The van der Waals surface area contributed by atoms with Gasteiger partial charge in [-0.2, -0.15) is 0 Å². The third-order valence-electron chi connectivity index (χ3n) is 2.04. The van der Waals surface area contributed by atoms with Crippen LogP contribution in [0.1, 0.15) is 0 Å². The van der Waals surface area contributed by atoms with Gasteiger partial charge in [0.1, 0.15) is 11.5 Å². The predicted octanol–water partition coefficient (Wildman–Crippen LogP) is 3.94. The van der Waals surface area contributed by atoms with Crippen molar-refractivity contribution < 1.29 is 9.31 Å². The molecule has 2 rings (SSSR count). The first-order valence-corrected chi connectivity index (χ1v) is 6.59. The molecule has 2 aromatic rings. The van der Waals surface area contributed by atoms with Gasteiger partial charge >= 0.3 is 7.69 Å². The molecule has 0 N–H and O–H groups in total. The summed E-state index contributed by atoms with van der Waals surface area (Å²) in [5.74, 6) is 1.55. The monoisotopic (exact) mass is 354 g/mol. The molecule has 0 aliphatic carbocycles. The SMILES string of the molecule is Brc1cccc(OBOc2cccc(Br)c2)c1. The second-order valence-electron chi connectivity index (χ2n) is 3.32. The van der Waals surface area contributed by atoms with Gasteiger partial charge in [0.05, 0.1) is 0 Å². The molecule has 0 amide bonds. The Morgan fingerprint density at radius 2 is 1.24 bits per heavy atom. The predicted molar refractivity (Wildman–Crippen MR) is 76.7 cm³/mol. The average Bonchev–Trinajstić information content (AvgIpc) is 2.29. The Labute approximate surface area is 118 Å². The van der Waals surface area contributed by atoms with Gasteiger partial charge in [0.15, 0.2) is 0 Å². The van der Waals surface area contributed by atoms with E-state index >= 15 is 0 Å². The van der Waals surface area contributed by atoms with Crippen molar-refractivity contribution in [2.75, 3.05) is 0 Å². The van der Waals surface area contributed by atoms with E-state index in [4.69, 9.17) is 9.31 Å². The van der Waals surface area contributed by atoms with Crippen LogP contribution < -0.4 is 9.31 Å². The van der Waals surface area contributed by atoms with Gasteiger partial charge in [-0.1, -0.05) is 44.0 Å². The quantitative estimate of drug-likeness (QED) is 0.773. The molecule has 0 heterocycles. The summed E-state index contributed by atoms with van der Waals surface area (Å²) in [7, 11) is 0.187. The molecule has 0 unspecified atom stereocenters. The molecule has 0 aliphatic rings. The molecule has 0 atom stereocenters.